The van der Waals surface area contributed by atoms with E-state index in [0.29, 0.717) is 13.1 Å². The van der Waals surface area contributed by atoms with E-state index in [0.717, 1.165) is 19.4 Å². The molecular formula is C13H20N6O2. The lowest BCUT2D eigenvalue weighted by Gasteiger charge is -2.13. The second-order valence-electron chi connectivity index (χ2n) is 4.72. The molecule has 0 bridgehead atoms. The van der Waals surface area contributed by atoms with Crippen molar-refractivity contribution in [2.24, 2.45) is 0 Å². The Bertz CT molecular complexity index is 686. The molecule has 0 aliphatic carbocycles. The Labute approximate surface area is 121 Å². The van der Waals surface area contributed by atoms with Gasteiger partial charge in [0.2, 0.25) is 0 Å². The second kappa shape index (κ2) is 6.78. The lowest BCUT2D eigenvalue weighted by Crippen LogP contribution is -2.34. The zero-order valence-electron chi connectivity index (χ0n) is 12.0. The van der Waals surface area contributed by atoms with Gasteiger partial charge in [0.1, 0.15) is 11.5 Å². The Morgan fingerprint density at radius 3 is 2.86 bits per heavy atom. The third kappa shape index (κ3) is 3.53. The summed E-state index contributed by atoms with van der Waals surface area (Å²) in [5.74, 6) is 0.185. The normalized spacial score (nSPS) is 10.7. The molecule has 8 nitrogen and oxygen atoms in total. The maximum Gasteiger partial charge on any atom is 0.330 e. The first-order valence-electron chi connectivity index (χ1n) is 6.97. The number of nitrogens with one attached hydrogen (secondary N) is 2. The van der Waals surface area contributed by atoms with Gasteiger partial charge in [-0.05, 0) is 18.9 Å². The van der Waals surface area contributed by atoms with Crippen LogP contribution in [0.25, 0.3) is 0 Å². The van der Waals surface area contributed by atoms with Gasteiger partial charge in [0.05, 0.1) is 0 Å². The lowest BCUT2D eigenvalue weighted by atomic mass is 10.3. The van der Waals surface area contributed by atoms with E-state index in [4.69, 9.17) is 5.73 Å². The van der Waals surface area contributed by atoms with E-state index in [1.165, 1.54) is 4.57 Å². The number of rotatable bonds is 7. The van der Waals surface area contributed by atoms with Crippen LogP contribution in [-0.4, -0.2) is 25.9 Å². The summed E-state index contributed by atoms with van der Waals surface area (Å²) in [6.45, 7) is 3.72. The van der Waals surface area contributed by atoms with E-state index in [2.05, 4.69) is 15.4 Å². The summed E-state index contributed by atoms with van der Waals surface area (Å²) < 4.78 is 3.19. The van der Waals surface area contributed by atoms with Crippen molar-refractivity contribution < 1.29 is 0 Å². The van der Waals surface area contributed by atoms with Gasteiger partial charge in [-0.15, -0.1) is 0 Å². The first-order chi connectivity index (χ1) is 10.1. The molecule has 2 aromatic heterocycles. The van der Waals surface area contributed by atoms with Crippen molar-refractivity contribution in [1.29, 1.82) is 0 Å². The Balaban J connectivity index is 2.04. The van der Waals surface area contributed by atoms with Crippen molar-refractivity contribution in [3.63, 3.8) is 0 Å². The fourth-order valence-corrected chi connectivity index (χ4v) is 2.09. The molecule has 0 aliphatic heterocycles. The van der Waals surface area contributed by atoms with E-state index in [1.54, 1.807) is 6.20 Å². The second-order valence-corrected chi connectivity index (χ2v) is 4.72. The van der Waals surface area contributed by atoms with E-state index >= 15 is 0 Å². The molecule has 0 radical (unpaired) electrons. The summed E-state index contributed by atoms with van der Waals surface area (Å²) in [7, 11) is 0. The fraction of sp³-hybridized carbons (Fsp3) is 0.462. The smallest absolute Gasteiger partial charge is 0.330 e. The SMILES string of the molecule is CCCn1c(N)c(NCCCn2cccn2)c(=O)[nH]c1=O. The highest BCUT2D eigenvalue weighted by atomic mass is 16.2. The van der Waals surface area contributed by atoms with Gasteiger partial charge in [0.15, 0.2) is 0 Å². The molecule has 0 aliphatic rings. The lowest BCUT2D eigenvalue weighted by molar-refractivity contribution is 0.591. The van der Waals surface area contributed by atoms with Crippen LogP contribution in [0.4, 0.5) is 11.5 Å². The molecule has 0 aromatic carbocycles. The highest BCUT2D eigenvalue weighted by Crippen LogP contribution is 2.10. The van der Waals surface area contributed by atoms with Gasteiger partial charge in [-0.2, -0.15) is 5.10 Å². The van der Waals surface area contributed by atoms with Crippen molar-refractivity contribution in [3.8, 4) is 0 Å². The number of H-pyrrole nitrogens is 1. The highest BCUT2D eigenvalue weighted by molar-refractivity contribution is 5.60. The van der Waals surface area contributed by atoms with Crippen LogP contribution in [-0.2, 0) is 13.1 Å². The van der Waals surface area contributed by atoms with Crippen LogP contribution in [0.15, 0.2) is 28.0 Å². The maximum absolute atomic E-state index is 11.8. The standard InChI is InChI=1S/C13H20N6O2/c1-2-7-19-11(14)10(12(20)17-13(19)21)15-5-3-8-18-9-4-6-16-18/h4,6,9,15H,2-3,5,7-8,14H2,1H3,(H,17,20,21). The molecule has 8 heteroatoms. The van der Waals surface area contributed by atoms with Gasteiger partial charge >= 0.3 is 5.69 Å². The molecule has 114 valence electrons. The Morgan fingerprint density at radius 2 is 2.19 bits per heavy atom. The summed E-state index contributed by atoms with van der Waals surface area (Å²) in [5.41, 5.74) is 5.21. The first kappa shape index (κ1) is 14.9. The van der Waals surface area contributed by atoms with Crippen molar-refractivity contribution >= 4 is 11.5 Å². The molecule has 2 rings (SSSR count). The zero-order valence-corrected chi connectivity index (χ0v) is 12.0. The summed E-state index contributed by atoms with van der Waals surface area (Å²) in [6.07, 6.45) is 5.14. The minimum Gasteiger partial charge on any atom is -0.383 e. The van der Waals surface area contributed by atoms with Crippen molar-refractivity contribution in [2.45, 2.75) is 32.9 Å². The Kier molecular flexibility index (Phi) is 4.81. The average Bonchev–Trinajstić information content (AvgIpc) is 2.95. The van der Waals surface area contributed by atoms with Crippen LogP contribution in [0.3, 0.4) is 0 Å². The first-order valence-corrected chi connectivity index (χ1v) is 6.97. The summed E-state index contributed by atoms with van der Waals surface area (Å²) in [4.78, 5) is 25.8. The van der Waals surface area contributed by atoms with E-state index < -0.39 is 11.2 Å². The number of aromatic amines is 1. The van der Waals surface area contributed by atoms with E-state index in [1.807, 2.05) is 23.9 Å². The van der Waals surface area contributed by atoms with Gasteiger partial charge in [0, 0.05) is 32.0 Å². The molecular weight excluding hydrogens is 272 g/mol. The molecule has 0 amide bonds. The van der Waals surface area contributed by atoms with E-state index in [9.17, 15) is 9.59 Å². The van der Waals surface area contributed by atoms with Gasteiger partial charge in [-0.3, -0.25) is 19.0 Å². The quantitative estimate of drug-likeness (QED) is 0.633. The molecule has 0 unspecified atom stereocenters. The van der Waals surface area contributed by atoms with Crippen LogP contribution in [0.1, 0.15) is 19.8 Å². The summed E-state index contributed by atoms with van der Waals surface area (Å²) in [6, 6.07) is 1.86. The Morgan fingerprint density at radius 1 is 1.38 bits per heavy atom. The third-order valence-electron chi connectivity index (χ3n) is 3.11. The molecule has 0 atom stereocenters. The summed E-state index contributed by atoms with van der Waals surface area (Å²) in [5, 5.41) is 7.10. The minimum absolute atomic E-state index is 0.185. The molecule has 0 spiro atoms. The van der Waals surface area contributed by atoms with Gasteiger partial charge in [-0.1, -0.05) is 6.92 Å². The number of hydrogen-bond acceptors (Lipinski definition) is 5. The number of aryl methyl sites for hydroxylation is 1. The highest BCUT2D eigenvalue weighted by Gasteiger charge is 2.10. The van der Waals surface area contributed by atoms with Crippen LogP contribution in [0, 0.1) is 0 Å². The van der Waals surface area contributed by atoms with Crippen molar-refractivity contribution in [3.05, 3.63) is 39.3 Å². The molecule has 2 heterocycles. The predicted molar refractivity (Wildman–Crippen MR) is 81.4 cm³/mol. The molecule has 4 N–H and O–H groups in total. The van der Waals surface area contributed by atoms with Crippen LogP contribution in [0.2, 0.25) is 0 Å². The van der Waals surface area contributed by atoms with Gasteiger partial charge < -0.3 is 11.1 Å². The number of nitrogens with zero attached hydrogens (tertiary/aromatic N) is 3. The summed E-state index contributed by atoms with van der Waals surface area (Å²) >= 11 is 0. The van der Waals surface area contributed by atoms with Crippen LogP contribution >= 0.6 is 0 Å². The monoisotopic (exact) mass is 292 g/mol. The van der Waals surface area contributed by atoms with Crippen molar-refractivity contribution in [1.82, 2.24) is 19.3 Å². The topological polar surface area (TPSA) is 111 Å². The largest absolute Gasteiger partial charge is 0.383 e. The maximum atomic E-state index is 11.8. The van der Waals surface area contributed by atoms with E-state index in [-0.39, 0.29) is 11.5 Å². The molecule has 21 heavy (non-hydrogen) atoms. The average molecular weight is 292 g/mol. The zero-order chi connectivity index (χ0) is 15.2. The van der Waals surface area contributed by atoms with Gasteiger partial charge in [0.25, 0.3) is 5.56 Å². The van der Waals surface area contributed by atoms with Crippen LogP contribution < -0.4 is 22.3 Å². The number of hydrogen-bond donors (Lipinski definition) is 3. The van der Waals surface area contributed by atoms with Crippen LogP contribution in [0.5, 0.6) is 0 Å². The predicted octanol–water partition coefficient (Wildman–Crippen LogP) is 0.228. The van der Waals surface area contributed by atoms with Crippen molar-refractivity contribution in [2.75, 3.05) is 17.6 Å². The number of aromatic nitrogens is 4. The molecule has 0 saturated heterocycles. The fourth-order valence-electron chi connectivity index (χ4n) is 2.09. The molecule has 0 fully saturated rings. The number of anilines is 2. The third-order valence-corrected chi connectivity index (χ3v) is 3.11. The Hall–Kier alpha value is -2.51. The molecule has 2 aromatic rings. The van der Waals surface area contributed by atoms with Gasteiger partial charge in [-0.25, -0.2) is 4.79 Å². The number of nitrogen functional groups attached to an aromatic ring is 1. The number of nitrogens with two attached hydrogens (primary N) is 1. The molecule has 0 saturated carbocycles. The minimum atomic E-state index is -0.482.